The molecule has 0 aliphatic rings. The SMILES string of the molecule is CCn1c(SCC(=O)Nc2nc(C)no2)nnc1-c1cccc(Cl)c1. The first-order valence-corrected chi connectivity index (χ1v) is 8.85. The Morgan fingerprint density at radius 1 is 1.40 bits per heavy atom. The fraction of sp³-hybridized carbons (Fsp3) is 0.267. The largest absolute Gasteiger partial charge is 0.328 e. The monoisotopic (exact) mass is 378 g/mol. The second-order valence-corrected chi connectivity index (χ2v) is 6.42. The molecule has 0 bridgehead atoms. The van der Waals surface area contributed by atoms with Crippen molar-refractivity contribution in [3.8, 4) is 11.4 Å². The van der Waals surface area contributed by atoms with E-state index in [1.54, 1.807) is 13.0 Å². The van der Waals surface area contributed by atoms with Crippen LogP contribution < -0.4 is 5.32 Å². The van der Waals surface area contributed by atoms with Gasteiger partial charge in [0.2, 0.25) is 5.91 Å². The van der Waals surface area contributed by atoms with Crippen LogP contribution in [-0.2, 0) is 11.3 Å². The van der Waals surface area contributed by atoms with Crippen LogP contribution in [-0.4, -0.2) is 36.6 Å². The molecule has 0 atom stereocenters. The average Bonchev–Trinajstić information content (AvgIpc) is 3.18. The van der Waals surface area contributed by atoms with E-state index in [0.717, 1.165) is 5.56 Å². The maximum absolute atomic E-state index is 12.0. The van der Waals surface area contributed by atoms with E-state index in [-0.39, 0.29) is 17.7 Å². The van der Waals surface area contributed by atoms with Crippen molar-refractivity contribution in [1.29, 1.82) is 0 Å². The predicted molar refractivity (Wildman–Crippen MR) is 94.5 cm³/mol. The summed E-state index contributed by atoms with van der Waals surface area (Å²) in [4.78, 5) is 15.9. The minimum atomic E-state index is -0.261. The molecule has 10 heteroatoms. The number of rotatable bonds is 6. The molecular formula is C15H15ClN6O2S. The van der Waals surface area contributed by atoms with Crippen LogP contribution in [0, 0.1) is 6.92 Å². The van der Waals surface area contributed by atoms with E-state index in [9.17, 15) is 4.79 Å². The second-order valence-electron chi connectivity index (χ2n) is 5.04. The first-order valence-electron chi connectivity index (χ1n) is 7.49. The third kappa shape index (κ3) is 4.18. The summed E-state index contributed by atoms with van der Waals surface area (Å²) < 4.78 is 6.79. The van der Waals surface area contributed by atoms with Crippen molar-refractivity contribution in [2.24, 2.45) is 0 Å². The summed E-state index contributed by atoms with van der Waals surface area (Å²) in [6.45, 7) is 4.33. The van der Waals surface area contributed by atoms with Crippen LogP contribution in [0.3, 0.4) is 0 Å². The van der Waals surface area contributed by atoms with E-state index in [1.165, 1.54) is 11.8 Å². The van der Waals surface area contributed by atoms with Gasteiger partial charge >= 0.3 is 6.01 Å². The van der Waals surface area contributed by atoms with Gasteiger partial charge in [0.15, 0.2) is 16.8 Å². The van der Waals surface area contributed by atoms with Gasteiger partial charge in [-0.25, -0.2) is 0 Å². The van der Waals surface area contributed by atoms with E-state index in [4.69, 9.17) is 16.1 Å². The molecule has 0 radical (unpaired) electrons. The molecule has 8 nitrogen and oxygen atoms in total. The van der Waals surface area contributed by atoms with Gasteiger partial charge in [-0.05, 0) is 26.0 Å². The van der Waals surface area contributed by atoms with E-state index in [1.807, 2.05) is 29.7 Å². The van der Waals surface area contributed by atoms with Crippen LogP contribution >= 0.6 is 23.4 Å². The van der Waals surface area contributed by atoms with E-state index in [2.05, 4.69) is 25.7 Å². The fourth-order valence-corrected chi connectivity index (χ4v) is 3.15. The Kier molecular flexibility index (Phi) is 5.34. The molecule has 3 aromatic rings. The van der Waals surface area contributed by atoms with Crippen LogP contribution in [0.1, 0.15) is 12.7 Å². The molecule has 0 unspecified atom stereocenters. The number of halogens is 1. The first kappa shape index (κ1) is 17.4. The Bertz CT molecular complexity index is 894. The lowest BCUT2D eigenvalue weighted by Crippen LogP contribution is -2.15. The maximum Gasteiger partial charge on any atom is 0.328 e. The number of thioether (sulfide) groups is 1. The molecule has 0 saturated heterocycles. The molecule has 0 aliphatic carbocycles. The average molecular weight is 379 g/mol. The van der Waals surface area contributed by atoms with Gasteiger partial charge in [-0.3, -0.25) is 10.1 Å². The minimum Gasteiger partial charge on any atom is -0.315 e. The predicted octanol–water partition coefficient (Wildman–Crippen LogP) is 3.04. The number of nitrogens with zero attached hydrogens (tertiary/aromatic N) is 5. The molecule has 130 valence electrons. The van der Waals surface area contributed by atoms with Crippen molar-refractivity contribution >= 4 is 35.3 Å². The first-order chi connectivity index (χ1) is 12.1. The molecule has 0 aliphatic heterocycles. The zero-order valence-corrected chi connectivity index (χ0v) is 15.1. The number of benzene rings is 1. The highest BCUT2D eigenvalue weighted by molar-refractivity contribution is 7.99. The van der Waals surface area contributed by atoms with Gasteiger partial charge in [0.05, 0.1) is 5.75 Å². The van der Waals surface area contributed by atoms with E-state index < -0.39 is 0 Å². The van der Waals surface area contributed by atoms with Gasteiger partial charge in [0, 0.05) is 17.1 Å². The molecule has 2 heterocycles. The second kappa shape index (κ2) is 7.66. The van der Waals surface area contributed by atoms with Crippen molar-refractivity contribution in [2.45, 2.75) is 25.5 Å². The van der Waals surface area contributed by atoms with Gasteiger partial charge in [-0.2, -0.15) is 4.98 Å². The van der Waals surface area contributed by atoms with Crippen molar-refractivity contribution < 1.29 is 9.32 Å². The van der Waals surface area contributed by atoms with Crippen LogP contribution in [0.4, 0.5) is 6.01 Å². The minimum absolute atomic E-state index is 0.0830. The number of aromatic nitrogens is 5. The standard InChI is InChI=1S/C15H15ClN6O2S/c1-3-22-13(10-5-4-6-11(16)7-10)19-20-15(22)25-8-12(23)18-14-17-9(2)21-24-14/h4-7H,3,8H2,1-2H3,(H,17,18,21,23). The Morgan fingerprint density at radius 3 is 2.92 bits per heavy atom. The lowest BCUT2D eigenvalue weighted by Gasteiger charge is -2.07. The highest BCUT2D eigenvalue weighted by Gasteiger charge is 2.15. The highest BCUT2D eigenvalue weighted by atomic mass is 35.5. The normalized spacial score (nSPS) is 10.8. The summed E-state index contributed by atoms with van der Waals surface area (Å²) in [7, 11) is 0. The molecule has 1 N–H and O–H groups in total. The van der Waals surface area contributed by atoms with Crippen molar-refractivity contribution in [2.75, 3.05) is 11.1 Å². The molecule has 0 spiro atoms. The Hall–Kier alpha value is -2.39. The molecule has 1 aromatic carbocycles. The Balaban J connectivity index is 1.69. The smallest absolute Gasteiger partial charge is 0.315 e. The maximum atomic E-state index is 12.0. The number of carbonyl (C=O) groups is 1. The van der Waals surface area contributed by atoms with Crippen molar-refractivity contribution in [1.82, 2.24) is 24.9 Å². The topological polar surface area (TPSA) is 98.7 Å². The number of hydrogen-bond donors (Lipinski definition) is 1. The van der Waals surface area contributed by atoms with Gasteiger partial charge in [-0.1, -0.05) is 40.7 Å². The quantitative estimate of drug-likeness (QED) is 0.658. The summed E-state index contributed by atoms with van der Waals surface area (Å²) in [6.07, 6.45) is 0. The number of hydrogen-bond acceptors (Lipinski definition) is 7. The Labute approximate surface area is 153 Å². The van der Waals surface area contributed by atoms with Gasteiger partial charge < -0.3 is 9.09 Å². The van der Waals surface area contributed by atoms with E-state index >= 15 is 0 Å². The Morgan fingerprint density at radius 2 is 2.24 bits per heavy atom. The van der Waals surface area contributed by atoms with Gasteiger partial charge in [0.25, 0.3) is 0 Å². The molecule has 0 saturated carbocycles. The highest BCUT2D eigenvalue weighted by Crippen LogP contribution is 2.25. The zero-order valence-electron chi connectivity index (χ0n) is 13.6. The van der Waals surface area contributed by atoms with Crippen LogP contribution in [0.25, 0.3) is 11.4 Å². The molecular weight excluding hydrogens is 364 g/mol. The lowest BCUT2D eigenvalue weighted by atomic mass is 10.2. The zero-order chi connectivity index (χ0) is 17.8. The molecule has 0 fully saturated rings. The lowest BCUT2D eigenvalue weighted by molar-refractivity contribution is -0.114. The van der Waals surface area contributed by atoms with Crippen molar-refractivity contribution in [3.63, 3.8) is 0 Å². The summed E-state index contributed by atoms with van der Waals surface area (Å²) in [5.41, 5.74) is 0.875. The third-order valence-electron chi connectivity index (χ3n) is 3.22. The molecule has 25 heavy (non-hydrogen) atoms. The summed E-state index contributed by atoms with van der Waals surface area (Å²) in [5.74, 6) is 1.05. The number of amides is 1. The number of anilines is 1. The van der Waals surface area contributed by atoms with Gasteiger partial charge in [-0.15, -0.1) is 10.2 Å². The molecule has 1 amide bonds. The number of nitrogens with one attached hydrogen (secondary N) is 1. The molecule has 3 rings (SSSR count). The van der Waals surface area contributed by atoms with Crippen molar-refractivity contribution in [3.05, 3.63) is 35.1 Å². The fourth-order valence-electron chi connectivity index (χ4n) is 2.15. The molecule has 2 aromatic heterocycles. The van der Waals surface area contributed by atoms with E-state index in [0.29, 0.717) is 28.4 Å². The number of aryl methyl sites for hydroxylation is 1. The summed E-state index contributed by atoms with van der Waals surface area (Å²) in [6, 6.07) is 7.49. The van der Waals surface area contributed by atoms with Crippen LogP contribution in [0.15, 0.2) is 33.9 Å². The van der Waals surface area contributed by atoms with Crippen LogP contribution in [0.5, 0.6) is 0 Å². The van der Waals surface area contributed by atoms with Crippen LogP contribution in [0.2, 0.25) is 5.02 Å². The third-order valence-corrected chi connectivity index (χ3v) is 4.42. The summed E-state index contributed by atoms with van der Waals surface area (Å²) >= 11 is 7.32. The number of carbonyl (C=O) groups excluding carboxylic acids is 1. The summed E-state index contributed by atoms with van der Waals surface area (Å²) in [5, 5.41) is 15.8. The van der Waals surface area contributed by atoms with Gasteiger partial charge in [0.1, 0.15) is 0 Å².